The second-order valence-corrected chi connectivity index (χ2v) is 9.82. The Morgan fingerprint density at radius 1 is 1.28 bits per heavy atom. The van der Waals surface area contributed by atoms with E-state index in [9.17, 15) is 10.1 Å². The number of hydrogen-bond acceptors (Lipinski definition) is 3. The third-order valence-electron chi connectivity index (χ3n) is 6.47. The smallest absolute Gasteiger partial charge is 0.266 e. The molecule has 32 heavy (non-hydrogen) atoms. The van der Waals surface area contributed by atoms with Gasteiger partial charge < -0.3 is 10.2 Å². The minimum atomic E-state index is -0.383. The van der Waals surface area contributed by atoms with E-state index in [-0.39, 0.29) is 17.0 Å². The molecule has 3 rings (SSSR count). The molecule has 2 aromatic rings. The zero-order valence-electron chi connectivity index (χ0n) is 20.4. The average molecular weight is 430 g/mol. The maximum atomic E-state index is 12.8. The fraction of sp³-hybridized carbons (Fsp3) is 0.429. The van der Waals surface area contributed by atoms with Gasteiger partial charge in [0.2, 0.25) is 0 Å². The Labute approximate surface area is 192 Å². The lowest BCUT2D eigenvalue weighted by atomic mass is 9.78. The molecule has 0 fully saturated rings. The van der Waals surface area contributed by atoms with Gasteiger partial charge in [-0.15, -0.1) is 0 Å². The molecule has 2 aromatic carbocycles. The van der Waals surface area contributed by atoms with Crippen LogP contribution in [0.15, 0.2) is 42.0 Å². The van der Waals surface area contributed by atoms with Crippen LogP contribution < -0.4 is 10.2 Å². The highest BCUT2D eigenvalue weighted by molar-refractivity contribution is 6.09. The van der Waals surface area contributed by atoms with Crippen molar-refractivity contribution in [2.75, 3.05) is 10.2 Å². The highest BCUT2D eigenvalue weighted by Crippen LogP contribution is 2.45. The third-order valence-corrected chi connectivity index (χ3v) is 6.47. The average Bonchev–Trinajstić information content (AvgIpc) is 2.72. The molecule has 4 heteroatoms. The van der Waals surface area contributed by atoms with E-state index in [1.165, 1.54) is 16.8 Å². The van der Waals surface area contributed by atoms with E-state index in [4.69, 9.17) is 0 Å². The Kier molecular flexibility index (Phi) is 6.79. The quantitative estimate of drug-likeness (QED) is 0.430. The van der Waals surface area contributed by atoms with E-state index in [1.54, 1.807) is 6.08 Å². The highest BCUT2D eigenvalue weighted by Gasteiger charge is 2.37. The minimum absolute atomic E-state index is 0.0788. The summed E-state index contributed by atoms with van der Waals surface area (Å²) in [5, 5.41) is 12.5. The maximum absolute atomic E-state index is 12.8. The van der Waals surface area contributed by atoms with Gasteiger partial charge in [-0.1, -0.05) is 26.0 Å². The van der Waals surface area contributed by atoms with Crippen molar-refractivity contribution in [1.29, 1.82) is 5.26 Å². The van der Waals surface area contributed by atoms with Gasteiger partial charge in [-0.2, -0.15) is 5.26 Å². The van der Waals surface area contributed by atoms with Gasteiger partial charge in [0, 0.05) is 23.0 Å². The van der Waals surface area contributed by atoms with Crippen LogP contribution in [0.5, 0.6) is 0 Å². The van der Waals surface area contributed by atoms with Crippen LogP contribution in [0.2, 0.25) is 0 Å². The Balaban J connectivity index is 1.95. The molecule has 1 aliphatic rings. The van der Waals surface area contributed by atoms with Gasteiger partial charge in [0.05, 0.1) is 0 Å². The molecule has 1 N–H and O–H groups in total. The van der Waals surface area contributed by atoms with Crippen molar-refractivity contribution >= 4 is 23.4 Å². The van der Waals surface area contributed by atoms with Gasteiger partial charge in [0.15, 0.2) is 0 Å². The van der Waals surface area contributed by atoms with Gasteiger partial charge in [-0.05, 0) is 106 Å². The fourth-order valence-corrected chi connectivity index (χ4v) is 5.07. The van der Waals surface area contributed by atoms with Gasteiger partial charge in [0.25, 0.3) is 5.91 Å². The molecule has 168 valence electrons. The second kappa shape index (κ2) is 9.20. The van der Waals surface area contributed by atoms with Crippen LogP contribution in [0.1, 0.15) is 76.1 Å². The molecule has 1 unspecified atom stereocenters. The number of nitriles is 1. The molecule has 1 atom stereocenters. The number of nitrogens with zero attached hydrogens (tertiary/aromatic N) is 2. The van der Waals surface area contributed by atoms with Gasteiger partial charge in [-0.3, -0.25) is 4.79 Å². The molecule has 0 aromatic heterocycles. The second-order valence-electron chi connectivity index (χ2n) is 9.82. The number of aryl methyl sites for hydroxylation is 2. The van der Waals surface area contributed by atoms with Crippen molar-refractivity contribution < 1.29 is 4.79 Å². The van der Waals surface area contributed by atoms with E-state index in [0.717, 1.165) is 24.0 Å². The van der Waals surface area contributed by atoms with Crippen LogP contribution in [0, 0.1) is 18.3 Å². The number of carbonyl (C=O) groups is 1. The monoisotopic (exact) mass is 429 g/mol. The number of carbonyl (C=O) groups excluding carboxylic acids is 1. The molecule has 0 bridgehead atoms. The summed E-state index contributed by atoms with van der Waals surface area (Å²) in [6, 6.07) is 14.6. The molecule has 0 radical (unpaired) electrons. The molecule has 0 saturated carbocycles. The van der Waals surface area contributed by atoms with E-state index < -0.39 is 0 Å². The minimum Gasteiger partial charge on any atom is -0.364 e. The number of hydrogen-bond donors (Lipinski definition) is 1. The van der Waals surface area contributed by atoms with Crippen LogP contribution in [-0.2, 0) is 11.2 Å². The topological polar surface area (TPSA) is 56.1 Å². The largest absolute Gasteiger partial charge is 0.364 e. The Bertz CT molecular complexity index is 1070. The predicted molar refractivity (Wildman–Crippen MR) is 134 cm³/mol. The third kappa shape index (κ3) is 4.72. The Hall–Kier alpha value is -3.06. The first-order valence-corrected chi connectivity index (χ1v) is 11.5. The molecule has 1 aliphatic heterocycles. The summed E-state index contributed by atoms with van der Waals surface area (Å²) in [6.07, 6.45) is 3.72. The zero-order valence-corrected chi connectivity index (χ0v) is 20.4. The normalized spacial score (nSPS) is 17.7. The lowest BCUT2D eigenvalue weighted by Gasteiger charge is -2.50. The van der Waals surface area contributed by atoms with Crippen LogP contribution in [0.3, 0.4) is 0 Å². The molecule has 1 heterocycles. The van der Waals surface area contributed by atoms with Crippen LogP contribution in [0.4, 0.5) is 11.4 Å². The van der Waals surface area contributed by atoms with E-state index in [0.29, 0.717) is 17.6 Å². The van der Waals surface area contributed by atoms with Gasteiger partial charge >= 0.3 is 0 Å². The first kappa shape index (κ1) is 23.6. The first-order valence-electron chi connectivity index (χ1n) is 11.5. The molecule has 4 nitrogen and oxygen atoms in total. The SMILES string of the molecule is CCc1ccc(NC(=O)/C(C#N)=C\c2cc3c(cc2C)N(C(C)C)C(C)(C)CC3C)cc1. The molecular weight excluding hydrogens is 394 g/mol. The molecule has 0 spiro atoms. The summed E-state index contributed by atoms with van der Waals surface area (Å²) < 4.78 is 0. The van der Waals surface area contributed by atoms with E-state index in [2.05, 4.69) is 70.0 Å². The summed E-state index contributed by atoms with van der Waals surface area (Å²) >= 11 is 0. The summed E-state index contributed by atoms with van der Waals surface area (Å²) in [7, 11) is 0. The number of fused-ring (bicyclic) bond motifs is 1. The van der Waals surface area contributed by atoms with Crippen molar-refractivity contribution in [3.05, 3.63) is 64.2 Å². The number of rotatable bonds is 5. The zero-order chi connectivity index (χ0) is 23.6. The lowest BCUT2D eigenvalue weighted by molar-refractivity contribution is -0.112. The highest BCUT2D eigenvalue weighted by atomic mass is 16.1. The number of anilines is 2. The molecule has 1 amide bonds. The molecule has 0 saturated heterocycles. The Morgan fingerprint density at radius 3 is 2.50 bits per heavy atom. The van der Waals surface area contributed by atoms with Crippen molar-refractivity contribution in [2.24, 2.45) is 0 Å². The van der Waals surface area contributed by atoms with Crippen LogP contribution >= 0.6 is 0 Å². The fourth-order valence-electron chi connectivity index (χ4n) is 5.07. The summed E-state index contributed by atoms with van der Waals surface area (Å²) in [5.41, 5.74) is 6.61. The standard InChI is InChI=1S/C28H35N3O/c1-8-21-9-11-24(12-10-21)30-27(32)23(17-29)14-22-15-25-20(5)16-28(6,7)31(18(2)3)26(25)13-19(22)4/h9-15,18,20H,8,16H2,1-7H3,(H,30,32)/b23-14-. The number of benzene rings is 2. The van der Waals surface area contributed by atoms with E-state index >= 15 is 0 Å². The summed E-state index contributed by atoms with van der Waals surface area (Å²) in [4.78, 5) is 15.3. The number of nitrogens with one attached hydrogen (secondary N) is 1. The molecular formula is C28H35N3O. The van der Waals surface area contributed by atoms with Crippen LogP contribution in [0.25, 0.3) is 6.08 Å². The first-order chi connectivity index (χ1) is 15.1. The van der Waals surface area contributed by atoms with Crippen molar-refractivity contribution in [3.63, 3.8) is 0 Å². The molecule has 0 aliphatic carbocycles. The van der Waals surface area contributed by atoms with Crippen molar-refractivity contribution in [2.45, 2.75) is 78.8 Å². The van der Waals surface area contributed by atoms with E-state index in [1.807, 2.05) is 31.2 Å². The lowest BCUT2D eigenvalue weighted by Crippen LogP contribution is -2.51. The maximum Gasteiger partial charge on any atom is 0.266 e. The summed E-state index contributed by atoms with van der Waals surface area (Å²) in [5.74, 6) is 0.0195. The van der Waals surface area contributed by atoms with Crippen LogP contribution in [-0.4, -0.2) is 17.5 Å². The van der Waals surface area contributed by atoms with Gasteiger partial charge in [-0.25, -0.2) is 0 Å². The predicted octanol–water partition coefficient (Wildman–Crippen LogP) is 6.60. The summed E-state index contributed by atoms with van der Waals surface area (Å²) in [6.45, 7) is 15.5. The number of amides is 1. The van der Waals surface area contributed by atoms with Gasteiger partial charge in [0.1, 0.15) is 11.6 Å². The van der Waals surface area contributed by atoms with Crippen molar-refractivity contribution in [1.82, 2.24) is 0 Å². The Morgan fingerprint density at radius 2 is 1.94 bits per heavy atom. The van der Waals surface area contributed by atoms with Crippen molar-refractivity contribution in [3.8, 4) is 6.07 Å².